The highest BCUT2D eigenvalue weighted by Gasteiger charge is 2.26. The number of thiazole rings is 1. The second kappa shape index (κ2) is 8.24. The fraction of sp³-hybridized carbons (Fsp3) is 0.381. The van der Waals surface area contributed by atoms with E-state index in [2.05, 4.69) is 15.3 Å². The summed E-state index contributed by atoms with van der Waals surface area (Å²) in [4.78, 5) is 21.5. The Morgan fingerprint density at radius 3 is 2.64 bits per heavy atom. The molecule has 0 saturated carbocycles. The van der Waals surface area contributed by atoms with Crippen molar-refractivity contribution in [3.8, 4) is 0 Å². The van der Waals surface area contributed by atoms with E-state index in [1.165, 1.54) is 11.3 Å². The number of amides is 1. The maximum absolute atomic E-state index is 12.9. The molecule has 0 spiro atoms. The average molecular weight is 399 g/mol. The zero-order valence-corrected chi connectivity index (χ0v) is 17.7. The zero-order valence-electron chi connectivity index (χ0n) is 16.9. The van der Waals surface area contributed by atoms with Crippen molar-refractivity contribution in [3.63, 3.8) is 0 Å². The highest BCUT2D eigenvalue weighted by molar-refractivity contribution is 7.14. The summed E-state index contributed by atoms with van der Waals surface area (Å²) in [5, 5.41) is 5.42. The van der Waals surface area contributed by atoms with Gasteiger partial charge >= 0.3 is 0 Å². The molecule has 7 heteroatoms. The summed E-state index contributed by atoms with van der Waals surface area (Å²) in [6.45, 7) is 10.6. The second-order valence-electron chi connectivity index (χ2n) is 7.47. The van der Waals surface area contributed by atoms with Gasteiger partial charge in [-0.1, -0.05) is 0 Å². The van der Waals surface area contributed by atoms with Crippen LogP contribution in [0.5, 0.6) is 0 Å². The molecule has 148 valence electrons. The standard InChI is InChI=1S/C21H26N4O2S/c1-14(2)27-21(4,5)18-13-28-20(23-18)24-19(26)17-7-6-15(3)25(17)12-16-8-10-22-11-9-16/h6-11,13-14H,12H2,1-5H3,(H,23,24,26). The zero-order chi connectivity index (χ0) is 20.3. The van der Waals surface area contributed by atoms with E-state index in [1.54, 1.807) is 12.4 Å². The van der Waals surface area contributed by atoms with Gasteiger partial charge in [0.05, 0.1) is 11.8 Å². The molecule has 3 rings (SSSR count). The Morgan fingerprint density at radius 1 is 1.25 bits per heavy atom. The maximum atomic E-state index is 12.9. The monoisotopic (exact) mass is 398 g/mol. The Morgan fingerprint density at radius 2 is 1.96 bits per heavy atom. The van der Waals surface area contributed by atoms with Crippen LogP contribution in [0.15, 0.2) is 42.0 Å². The minimum absolute atomic E-state index is 0.0918. The largest absolute Gasteiger partial charge is 0.367 e. The average Bonchev–Trinajstić information content (AvgIpc) is 3.23. The molecule has 0 radical (unpaired) electrons. The summed E-state index contributed by atoms with van der Waals surface area (Å²) >= 11 is 1.40. The van der Waals surface area contributed by atoms with Crippen molar-refractivity contribution in [3.05, 3.63) is 64.7 Å². The Hall–Kier alpha value is -2.51. The van der Waals surface area contributed by atoms with Crippen LogP contribution in [0.25, 0.3) is 0 Å². The number of aromatic nitrogens is 3. The first-order chi connectivity index (χ1) is 13.3. The minimum atomic E-state index is -0.508. The van der Waals surface area contributed by atoms with E-state index in [1.807, 2.05) is 68.8 Å². The third-order valence-corrected chi connectivity index (χ3v) is 5.15. The van der Waals surface area contributed by atoms with Gasteiger partial charge in [0.1, 0.15) is 11.3 Å². The highest BCUT2D eigenvalue weighted by Crippen LogP contribution is 2.29. The van der Waals surface area contributed by atoms with E-state index in [4.69, 9.17) is 4.74 Å². The van der Waals surface area contributed by atoms with Gasteiger partial charge in [-0.05, 0) is 64.4 Å². The van der Waals surface area contributed by atoms with E-state index >= 15 is 0 Å². The molecule has 6 nitrogen and oxygen atoms in total. The van der Waals surface area contributed by atoms with Gasteiger partial charge in [0.25, 0.3) is 5.91 Å². The van der Waals surface area contributed by atoms with Crippen LogP contribution in [0.3, 0.4) is 0 Å². The molecule has 1 amide bonds. The first kappa shape index (κ1) is 20.2. The third kappa shape index (κ3) is 4.66. The Balaban J connectivity index is 1.76. The summed E-state index contributed by atoms with van der Waals surface area (Å²) in [5.74, 6) is -0.175. The van der Waals surface area contributed by atoms with E-state index < -0.39 is 5.60 Å². The van der Waals surface area contributed by atoms with Crippen molar-refractivity contribution in [1.29, 1.82) is 0 Å². The third-order valence-electron chi connectivity index (χ3n) is 4.39. The van der Waals surface area contributed by atoms with Gasteiger partial charge in [-0.3, -0.25) is 15.1 Å². The smallest absolute Gasteiger partial charge is 0.274 e. The lowest BCUT2D eigenvalue weighted by molar-refractivity contribution is -0.0623. The van der Waals surface area contributed by atoms with Crippen LogP contribution in [0.4, 0.5) is 5.13 Å². The Bertz CT molecular complexity index is 944. The van der Waals surface area contributed by atoms with Crippen LogP contribution in [-0.4, -0.2) is 26.5 Å². The summed E-state index contributed by atoms with van der Waals surface area (Å²) in [5.41, 5.74) is 3.01. The van der Waals surface area contributed by atoms with Crippen LogP contribution in [0.2, 0.25) is 0 Å². The Labute approximate surface area is 169 Å². The van der Waals surface area contributed by atoms with Gasteiger partial charge in [0.15, 0.2) is 5.13 Å². The number of pyridine rings is 1. The summed E-state index contributed by atoms with van der Waals surface area (Å²) in [6, 6.07) is 7.69. The molecule has 3 aromatic rings. The van der Waals surface area contributed by atoms with Crippen molar-refractivity contribution in [2.24, 2.45) is 0 Å². The number of hydrogen-bond donors (Lipinski definition) is 1. The molecule has 0 saturated heterocycles. The molecule has 0 atom stereocenters. The topological polar surface area (TPSA) is 69.0 Å². The first-order valence-corrected chi connectivity index (χ1v) is 10.1. The number of aryl methyl sites for hydroxylation is 1. The molecule has 0 bridgehead atoms. The molecule has 3 aromatic heterocycles. The number of carbonyl (C=O) groups is 1. The normalized spacial score (nSPS) is 11.8. The van der Waals surface area contributed by atoms with Gasteiger partial charge in [0, 0.05) is 30.0 Å². The van der Waals surface area contributed by atoms with Crippen LogP contribution in [-0.2, 0) is 16.9 Å². The number of ether oxygens (including phenoxy) is 1. The van der Waals surface area contributed by atoms with Gasteiger partial charge < -0.3 is 9.30 Å². The van der Waals surface area contributed by atoms with Crippen LogP contribution < -0.4 is 5.32 Å². The minimum Gasteiger partial charge on any atom is -0.367 e. The molecule has 0 fully saturated rings. The molecule has 0 unspecified atom stereocenters. The van der Waals surface area contributed by atoms with Crippen molar-refractivity contribution >= 4 is 22.4 Å². The van der Waals surface area contributed by atoms with Gasteiger partial charge in [-0.2, -0.15) is 0 Å². The number of carbonyl (C=O) groups excluding carboxylic acids is 1. The van der Waals surface area contributed by atoms with Crippen molar-refractivity contribution < 1.29 is 9.53 Å². The lowest BCUT2D eigenvalue weighted by atomic mass is 10.1. The number of hydrogen-bond acceptors (Lipinski definition) is 5. The predicted molar refractivity (Wildman–Crippen MR) is 112 cm³/mol. The number of nitrogens with one attached hydrogen (secondary N) is 1. The second-order valence-corrected chi connectivity index (χ2v) is 8.33. The molecule has 3 heterocycles. The van der Waals surface area contributed by atoms with Crippen molar-refractivity contribution in [2.75, 3.05) is 5.32 Å². The van der Waals surface area contributed by atoms with Crippen LogP contribution in [0, 0.1) is 6.92 Å². The molecule has 0 aliphatic carbocycles. The van der Waals surface area contributed by atoms with Gasteiger partial charge in [0.2, 0.25) is 0 Å². The lowest BCUT2D eigenvalue weighted by Crippen LogP contribution is -2.26. The number of rotatable bonds is 7. The summed E-state index contributed by atoms with van der Waals surface area (Å²) < 4.78 is 7.93. The maximum Gasteiger partial charge on any atom is 0.274 e. The van der Waals surface area contributed by atoms with E-state index in [0.717, 1.165) is 17.0 Å². The molecular weight excluding hydrogens is 372 g/mol. The van der Waals surface area contributed by atoms with Crippen LogP contribution in [0.1, 0.15) is 55.1 Å². The fourth-order valence-electron chi connectivity index (χ4n) is 3.07. The summed E-state index contributed by atoms with van der Waals surface area (Å²) in [6.07, 6.45) is 3.60. The molecule has 0 aliphatic rings. The first-order valence-electron chi connectivity index (χ1n) is 9.26. The van der Waals surface area contributed by atoms with Gasteiger partial charge in [-0.25, -0.2) is 4.98 Å². The fourth-order valence-corrected chi connectivity index (χ4v) is 3.93. The quantitative estimate of drug-likeness (QED) is 0.631. The summed E-state index contributed by atoms with van der Waals surface area (Å²) in [7, 11) is 0. The van der Waals surface area contributed by atoms with Crippen molar-refractivity contribution in [1.82, 2.24) is 14.5 Å². The van der Waals surface area contributed by atoms with Crippen LogP contribution >= 0.6 is 11.3 Å². The molecule has 0 aromatic carbocycles. The van der Waals surface area contributed by atoms with Crippen molar-refractivity contribution in [2.45, 2.75) is 52.9 Å². The molecular formula is C21H26N4O2S. The Kier molecular flexibility index (Phi) is 5.96. The van der Waals surface area contributed by atoms with E-state index in [-0.39, 0.29) is 12.0 Å². The SMILES string of the molecule is Cc1ccc(C(=O)Nc2nc(C(C)(C)OC(C)C)cs2)n1Cc1ccncc1. The molecule has 28 heavy (non-hydrogen) atoms. The lowest BCUT2D eigenvalue weighted by Gasteiger charge is -2.25. The van der Waals surface area contributed by atoms with E-state index in [9.17, 15) is 4.79 Å². The van der Waals surface area contributed by atoms with E-state index in [0.29, 0.717) is 17.4 Å². The molecule has 1 N–H and O–H groups in total. The predicted octanol–water partition coefficient (Wildman–Crippen LogP) is 4.61. The van der Waals surface area contributed by atoms with Gasteiger partial charge in [-0.15, -0.1) is 11.3 Å². The molecule has 0 aliphatic heterocycles. The highest BCUT2D eigenvalue weighted by atomic mass is 32.1. The number of nitrogens with zero attached hydrogens (tertiary/aromatic N) is 3. The number of anilines is 1.